The van der Waals surface area contributed by atoms with E-state index in [1.165, 1.54) is 35.6 Å². The van der Waals surface area contributed by atoms with Crippen LogP contribution in [-0.4, -0.2) is 23.3 Å². The number of aromatic nitrogens is 1. The summed E-state index contributed by atoms with van der Waals surface area (Å²) in [6.45, 7) is 1.32. The van der Waals surface area contributed by atoms with Crippen molar-refractivity contribution >= 4 is 23.1 Å². The number of ketones is 1. The highest BCUT2D eigenvalue weighted by Crippen LogP contribution is 2.28. The molecule has 0 atom stereocenters. The van der Waals surface area contributed by atoms with Gasteiger partial charge in [0.15, 0.2) is 12.4 Å². The molecule has 126 valence electrons. The number of Topliss-reactive ketones (excluding diaryl/α,β-unsaturated/α-hetero) is 1. The van der Waals surface area contributed by atoms with E-state index in [1.54, 1.807) is 6.92 Å². The van der Waals surface area contributed by atoms with E-state index in [-0.39, 0.29) is 5.78 Å². The van der Waals surface area contributed by atoms with Crippen LogP contribution in [0, 0.1) is 12.7 Å². The van der Waals surface area contributed by atoms with E-state index in [0.29, 0.717) is 16.1 Å². The first kappa shape index (κ1) is 17.0. The first-order valence-corrected chi connectivity index (χ1v) is 8.35. The third kappa shape index (κ3) is 3.97. The molecule has 0 bridgehead atoms. The summed E-state index contributed by atoms with van der Waals surface area (Å²) in [5.74, 6) is -1.41. The van der Waals surface area contributed by atoms with Crippen LogP contribution < -0.4 is 0 Å². The highest BCUT2D eigenvalue weighted by molar-refractivity contribution is 7.17. The zero-order chi connectivity index (χ0) is 17.8. The first-order chi connectivity index (χ1) is 12.0. The molecule has 25 heavy (non-hydrogen) atoms. The lowest BCUT2D eigenvalue weighted by molar-refractivity contribution is 0.0478. The fourth-order valence-electron chi connectivity index (χ4n) is 2.21. The summed E-state index contributed by atoms with van der Waals surface area (Å²) in [7, 11) is 0. The van der Waals surface area contributed by atoms with Crippen molar-refractivity contribution in [2.24, 2.45) is 0 Å². The van der Waals surface area contributed by atoms with Crippen LogP contribution in [0.15, 0.2) is 54.6 Å². The summed E-state index contributed by atoms with van der Waals surface area (Å²) >= 11 is 1.22. The van der Waals surface area contributed by atoms with Gasteiger partial charge in [-0.05, 0) is 31.2 Å². The molecule has 0 radical (unpaired) electrons. The van der Waals surface area contributed by atoms with Gasteiger partial charge in [0.2, 0.25) is 0 Å². The molecule has 0 spiro atoms. The van der Waals surface area contributed by atoms with Gasteiger partial charge in [-0.3, -0.25) is 4.79 Å². The molecule has 3 rings (SSSR count). The highest BCUT2D eigenvalue weighted by Gasteiger charge is 2.19. The standard InChI is InChI=1S/C19H14FNO3S/c1-12-17(25-18(21-12)14-5-3-2-4-6-14)19(23)24-11-16(22)13-7-9-15(20)10-8-13/h2-10H,11H2,1H3. The number of rotatable bonds is 5. The number of benzene rings is 2. The molecule has 2 aromatic carbocycles. The van der Waals surface area contributed by atoms with Crippen molar-refractivity contribution < 1.29 is 18.7 Å². The van der Waals surface area contributed by atoms with Crippen LogP contribution in [-0.2, 0) is 4.74 Å². The number of nitrogens with zero attached hydrogens (tertiary/aromatic N) is 1. The lowest BCUT2D eigenvalue weighted by atomic mass is 10.1. The number of carbonyl (C=O) groups is 2. The zero-order valence-corrected chi connectivity index (χ0v) is 14.2. The fraction of sp³-hybridized carbons (Fsp3) is 0.105. The van der Waals surface area contributed by atoms with E-state index in [4.69, 9.17) is 4.74 Å². The van der Waals surface area contributed by atoms with Crippen LogP contribution in [0.1, 0.15) is 25.7 Å². The van der Waals surface area contributed by atoms with E-state index < -0.39 is 18.4 Å². The zero-order valence-electron chi connectivity index (χ0n) is 13.4. The van der Waals surface area contributed by atoms with Crippen molar-refractivity contribution in [3.8, 4) is 10.6 Å². The highest BCUT2D eigenvalue weighted by atomic mass is 32.1. The van der Waals surface area contributed by atoms with Gasteiger partial charge in [-0.2, -0.15) is 0 Å². The molecule has 0 amide bonds. The number of carbonyl (C=O) groups excluding carboxylic acids is 2. The minimum Gasteiger partial charge on any atom is -0.453 e. The minimum atomic E-state index is -0.590. The SMILES string of the molecule is Cc1nc(-c2ccccc2)sc1C(=O)OCC(=O)c1ccc(F)cc1. The topological polar surface area (TPSA) is 56.3 Å². The average molecular weight is 355 g/mol. The molecular formula is C19H14FNO3S. The van der Waals surface area contributed by atoms with Crippen LogP contribution in [0.5, 0.6) is 0 Å². The second-order valence-electron chi connectivity index (χ2n) is 5.31. The number of hydrogen-bond donors (Lipinski definition) is 0. The fourth-order valence-corrected chi connectivity index (χ4v) is 3.17. The summed E-state index contributed by atoms with van der Waals surface area (Å²) in [6, 6.07) is 14.6. The predicted molar refractivity (Wildman–Crippen MR) is 93.3 cm³/mol. The van der Waals surface area contributed by atoms with Gasteiger partial charge in [0, 0.05) is 11.1 Å². The van der Waals surface area contributed by atoms with Crippen molar-refractivity contribution in [2.75, 3.05) is 6.61 Å². The van der Waals surface area contributed by atoms with Crippen molar-refractivity contribution in [1.29, 1.82) is 0 Å². The molecular weight excluding hydrogens is 341 g/mol. The molecule has 1 aromatic heterocycles. The number of halogens is 1. The first-order valence-electron chi connectivity index (χ1n) is 7.53. The lowest BCUT2D eigenvalue weighted by Crippen LogP contribution is -2.14. The Morgan fingerprint density at radius 1 is 1.08 bits per heavy atom. The van der Waals surface area contributed by atoms with Gasteiger partial charge in [0.05, 0.1) is 5.69 Å². The Bertz CT molecular complexity index is 904. The van der Waals surface area contributed by atoms with E-state index in [0.717, 1.165) is 10.6 Å². The van der Waals surface area contributed by atoms with Crippen LogP contribution >= 0.6 is 11.3 Å². The second-order valence-corrected chi connectivity index (χ2v) is 6.30. The van der Waals surface area contributed by atoms with Crippen LogP contribution in [0.2, 0.25) is 0 Å². The summed E-state index contributed by atoms with van der Waals surface area (Å²) in [6.07, 6.45) is 0. The normalized spacial score (nSPS) is 10.5. The Kier molecular flexibility index (Phi) is 5.00. The quantitative estimate of drug-likeness (QED) is 0.506. The van der Waals surface area contributed by atoms with Gasteiger partial charge < -0.3 is 4.74 Å². The molecule has 0 aliphatic rings. The van der Waals surface area contributed by atoms with Crippen molar-refractivity contribution in [3.63, 3.8) is 0 Å². The van der Waals surface area contributed by atoms with Crippen molar-refractivity contribution in [3.05, 3.63) is 76.5 Å². The Balaban J connectivity index is 1.68. The van der Waals surface area contributed by atoms with E-state index in [1.807, 2.05) is 30.3 Å². The van der Waals surface area contributed by atoms with Gasteiger partial charge in [0.25, 0.3) is 0 Å². The molecule has 0 aliphatic heterocycles. The van der Waals surface area contributed by atoms with Gasteiger partial charge in [-0.25, -0.2) is 14.2 Å². The second kappa shape index (κ2) is 7.36. The third-order valence-electron chi connectivity index (χ3n) is 3.50. The summed E-state index contributed by atoms with van der Waals surface area (Å²) in [5, 5.41) is 0.718. The van der Waals surface area contributed by atoms with E-state index in [2.05, 4.69) is 4.98 Å². The predicted octanol–water partition coefficient (Wildman–Crippen LogP) is 4.30. The molecule has 4 nitrogen and oxygen atoms in total. The molecule has 0 fully saturated rings. The number of ether oxygens (including phenoxy) is 1. The Morgan fingerprint density at radius 3 is 2.44 bits per heavy atom. The monoisotopic (exact) mass is 355 g/mol. The van der Waals surface area contributed by atoms with Gasteiger partial charge >= 0.3 is 5.97 Å². The maximum absolute atomic E-state index is 12.9. The number of thiazole rings is 1. The van der Waals surface area contributed by atoms with Gasteiger partial charge in [0.1, 0.15) is 15.7 Å². The molecule has 0 saturated heterocycles. The molecule has 0 unspecified atom stereocenters. The number of aryl methyl sites for hydroxylation is 1. The van der Waals surface area contributed by atoms with Crippen LogP contribution in [0.3, 0.4) is 0 Å². The van der Waals surface area contributed by atoms with E-state index in [9.17, 15) is 14.0 Å². The van der Waals surface area contributed by atoms with Gasteiger partial charge in [-0.15, -0.1) is 11.3 Å². The maximum atomic E-state index is 12.9. The summed E-state index contributed by atoms with van der Waals surface area (Å²) < 4.78 is 18.0. The van der Waals surface area contributed by atoms with Crippen molar-refractivity contribution in [2.45, 2.75) is 6.92 Å². The molecule has 6 heteroatoms. The molecule has 1 heterocycles. The Labute approximate surface area is 147 Å². The molecule has 3 aromatic rings. The Morgan fingerprint density at radius 2 is 1.76 bits per heavy atom. The third-order valence-corrected chi connectivity index (χ3v) is 4.69. The van der Waals surface area contributed by atoms with Crippen molar-refractivity contribution in [1.82, 2.24) is 4.98 Å². The van der Waals surface area contributed by atoms with Crippen LogP contribution in [0.25, 0.3) is 10.6 Å². The molecule has 0 N–H and O–H groups in total. The summed E-state index contributed by atoms with van der Waals surface area (Å²) in [4.78, 5) is 29.0. The van der Waals surface area contributed by atoms with E-state index >= 15 is 0 Å². The average Bonchev–Trinajstić information content (AvgIpc) is 3.02. The Hall–Kier alpha value is -2.86. The smallest absolute Gasteiger partial charge is 0.350 e. The lowest BCUT2D eigenvalue weighted by Gasteiger charge is -2.03. The van der Waals surface area contributed by atoms with Gasteiger partial charge in [-0.1, -0.05) is 30.3 Å². The maximum Gasteiger partial charge on any atom is 0.350 e. The number of hydrogen-bond acceptors (Lipinski definition) is 5. The minimum absolute atomic E-state index is 0.292. The molecule has 0 aliphatic carbocycles. The molecule has 0 saturated carbocycles. The summed E-state index contributed by atoms with van der Waals surface area (Å²) in [5.41, 5.74) is 1.76. The van der Waals surface area contributed by atoms with Crippen LogP contribution in [0.4, 0.5) is 4.39 Å². The number of esters is 1. The largest absolute Gasteiger partial charge is 0.453 e.